The first kappa shape index (κ1) is 23.8. The highest BCUT2D eigenvalue weighted by molar-refractivity contribution is 7.89. The van der Waals surface area contributed by atoms with Crippen molar-refractivity contribution in [2.75, 3.05) is 38.2 Å². The van der Waals surface area contributed by atoms with E-state index in [9.17, 15) is 21.6 Å². The van der Waals surface area contributed by atoms with Crippen LogP contribution in [0, 0.1) is 0 Å². The van der Waals surface area contributed by atoms with Crippen LogP contribution < -0.4 is 5.32 Å². The molecule has 0 saturated carbocycles. The van der Waals surface area contributed by atoms with Crippen molar-refractivity contribution >= 4 is 31.6 Å². The molecule has 11 heteroatoms. The van der Waals surface area contributed by atoms with Gasteiger partial charge in [0, 0.05) is 25.3 Å². The lowest BCUT2D eigenvalue weighted by Crippen LogP contribution is -2.49. The van der Waals surface area contributed by atoms with Crippen LogP contribution in [0.1, 0.15) is 19.3 Å². The second kappa shape index (κ2) is 9.90. The molecule has 0 aliphatic carbocycles. The van der Waals surface area contributed by atoms with E-state index in [0.717, 1.165) is 6.42 Å². The zero-order valence-corrected chi connectivity index (χ0v) is 19.7. The number of piperidine rings is 1. The molecule has 0 aromatic heterocycles. The largest absolute Gasteiger partial charge is 0.379 e. The molecule has 4 rings (SSSR count). The van der Waals surface area contributed by atoms with E-state index in [-0.39, 0.29) is 29.4 Å². The second-order valence-electron chi connectivity index (χ2n) is 7.97. The van der Waals surface area contributed by atoms with Gasteiger partial charge < -0.3 is 10.1 Å². The third-order valence-corrected chi connectivity index (χ3v) is 9.63. The van der Waals surface area contributed by atoms with E-state index in [0.29, 0.717) is 31.7 Å². The molecule has 0 spiro atoms. The van der Waals surface area contributed by atoms with Crippen LogP contribution in [0.3, 0.4) is 0 Å². The smallest absolute Gasteiger partial charge is 0.243 e. The number of rotatable bonds is 6. The highest BCUT2D eigenvalue weighted by atomic mass is 32.2. The third kappa shape index (κ3) is 5.12. The Kier molecular flexibility index (Phi) is 7.15. The molecule has 178 valence electrons. The van der Waals surface area contributed by atoms with Crippen LogP contribution in [0.2, 0.25) is 0 Å². The van der Waals surface area contributed by atoms with E-state index in [1.807, 2.05) is 0 Å². The number of nitrogens with zero attached hydrogens (tertiary/aromatic N) is 2. The Labute approximate surface area is 194 Å². The summed E-state index contributed by atoms with van der Waals surface area (Å²) in [5.74, 6) is -0.477. The number of carbonyl (C=O) groups excluding carboxylic acids is 1. The normalized spacial score (nSPS) is 20.9. The Morgan fingerprint density at radius 2 is 1.55 bits per heavy atom. The van der Waals surface area contributed by atoms with Crippen LogP contribution >= 0.6 is 0 Å². The Hall–Kier alpha value is -2.31. The molecule has 33 heavy (non-hydrogen) atoms. The summed E-state index contributed by atoms with van der Waals surface area (Å²) in [7, 11) is -7.56. The van der Waals surface area contributed by atoms with E-state index < -0.39 is 32.0 Å². The van der Waals surface area contributed by atoms with Crippen LogP contribution in [0.25, 0.3) is 0 Å². The fourth-order valence-electron chi connectivity index (χ4n) is 4.08. The van der Waals surface area contributed by atoms with Crippen LogP contribution in [-0.4, -0.2) is 70.2 Å². The third-order valence-electron chi connectivity index (χ3n) is 5.82. The molecule has 2 fully saturated rings. The van der Waals surface area contributed by atoms with Crippen molar-refractivity contribution in [2.24, 2.45) is 0 Å². The lowest BCUT2D eigenvalue weighted by Gasteiger charge is -2.33. The van der Waals surface area contributed by atoms with Gasteiger partial charge in [0.05, 0.1) is 23.0 Å². The number of morpholine rings is 1. The first-order chi connectivity index (χ1) is 15.8. The van der Waals surface area contributed by atoms with Crippen LogP contribution in [0.5, 0.6) is 0 Å². The molecule has 1 atom stereocenters. The number of anilines is 1. The number of carbonyl (C=O) groups is 1. The molecular weight excluding hydrogens is 466 g/mol. The van der Waals surface area contributed by atoms with Crippen molar-refractivity contribution < 1.29 is 26.4 Å². The van der Waals surface area contributed by atoms with Crippen molar-refractivity contribution in [3.8, 4) is 0 Å². The second-order valence-corrected chi connectivity index (χ2v) is 11.8. The Balaban J connectivity index is 1.54. The average Bonchev–Trinajstić information content (AvgIpc) is 2.85. The fraction of sp³-hybridized carbons (Fsp3) is 0.409. The quantitative estimate of drug-likeness (QED) is 0.658. The summed E-state index contributed by atoms with van der Waals surface area (Å²) in [4.78, 5) is 13.3. The maximum Gasteiger partial charge on any atom is 0.243 e. The summed E-state index contributed by atoms with van der Waals surface area (Å²) in [6, 6.07) is 13.2. The molecule has 2 saturated heterocycles. The zero-order chi connectivity index (χ0) is 23.5. The van der Waals surface area contributed by atoms with Crippen LogP contribution in [-0.2, 0) is 29.6 Å². The van der Waals surface area contributed by atoms with E-state index in [1.54, 1.807) is 30.3 Å². The maximum atomic E-state index is 13.2. The predicted molar refractivity (Wildman–Crippen MR) is 123 cm³/mol. The van der Waals surface area contributed by atoms with E-state index in [1.165, 1.54) is 32.9 Å². The number of hydrogen-bond acceptors (Lipinski definition) is 6. The lowest BCUT2D eigenvalue weighted by molar-refractivity contribution is -0.120. The summed E-state index contributed by atoms with van der Waals surface area (Å²) in [5, 5.41) is 2.73. The van der Waals surface area contributed by atoms with Gasteiger partial charge in [-0.15, -0.1) is 0 Å². The molecule has 1 amide bonds. The first-order valence-corrected chi connectivity index (χ1v) is 13.7. The van der Waals surface area contributed by atoms with Gasteiger partial charge in [-0.25, -0.2) is 16.8 Å². The Morgan fingerprint density at radius 1 is 0.848 bits per heavy atom. The van der Waals surface area contributed by atoms with E-state index in [2.05, 4.69) is 5.32 Å². The molecule has 2 aromatic carbocycles. The maximum absolute atomic E-state index is 13.2. The first-order valence-electron chi connectivity index (χ1n) is 10.9. The van der Waals surface area contributed by atoms with Gasteiger partial charge in [0.2, 0.25) is 26.0 Å². The number of hydrogen-bond donors (Lipinski definition) is 1. The molecule has 9 nitrogen and oxygen atoms in total. The highest BCUT2D eigenvalue weighted by Gasteiger charge is 2.37. The summed E-state index contributed by atoms with van der Waals surface area (Å²) in [5.41, 5.74) is 0.303. The summed E-state index contributed by atoms with van der Waals surface area (Å²) in [6.45, 7) is 1.47. The van der Waals surface area contributed by atoms with E-state index in [4.69, 9.17) is 4.74 Å². The van der Waals surface area contributed by atoms with Crippen LogP contribution in [0.15, 0.2) is 64.4 Å². The minimum absolute atomic E-state index is 0.0691. The minimum atomic E-state index is -3.84. The molecule has 0 unspecified atom stereocenters. The molecule has 1 N–H and O–H groups in total. The van der Waals surface area contributed by atoms with Gasteiger partial charge in [0.15, 0.2) is 0 Å². The van der Waals surface area contributed by atoms with Crippen molar-refractivity contribution in [3.63, 3.8) is 0 Å². The Morgan fingerprint density at radius 3 is 2.27 bits per heavy atom. The topological polar surface area (TPSA) is 113 Å². The molecule has 2 aliphatic rings. The van der Waals surface area contributed by atoms with Crippen molar-refractivity contribution in [3.05, 3.63) is 54.6 Å². The number of sulfonamides is 2. The number of nitrogens with one attached hydrogen (secondary N) is 1. The summed E-state index contributed by atoms with van der Waals surface area (Å²) < 4.78 is 60.0. The number of benzene rings is 2. The van der Waals surface area contributed by atoms with Crippen molar-refractivity contribution in [1.29, 1.82) is 0 Å². The molecule has 0 radical (unpaired) electrons. The van der Waals surface area contributed by atoms with Gasteiger partial charge in [-0.2, -0.15) is 8.61 Å². The zero-order valence-electron chi connectivity index (χ0n) is 18.1. The van der Waals surface area contributed by atoms with Crippen molar-refractivity contribution in [1.82, 2.24) is 8.61 Å². The standard InChI is InChI=1S/C22H27N3O6S2/c26-22(21-11-4-5-12-25(21)33(29,30)19-8-2-1-3-9-19)23-18-7-6-10-20(17-18)32(27,28)24-13-15-31-16-14-24/h1-3,6-10,17,21H,4-5,11-16H2,(H,23,26)/t21-/m0/s1. The van der Waals surface area contributed by atoms with E-state index >= 15 is 0 Å². The molecular formula is C22H27N3O6S2. The summed E-state index contributed by atoms with van der Waals surface area (Å²) >= 11 is 0. The van der Waals surface area contributed by atoms with Gasteiger partial charge in [-0.05, 0) is 43.2 Å². The molecule has 2 aliphatic heterocycles. The minimum Gasteiger partial charge on any atom is -0.379 e. The predicted octanol–water partition coefficient (Wildman–Crippen LogP) is 1.89. The highest BCUT2D eigenvalue weighted by Crippen LogP contribution is 2.27. The molecule has 2 aromatic rings. The van der Waals surface area contributed by atoms with Gasteiger partial charge >= 0.3 is 0 Å². The van der Waals surface area contributed by atoms with Gasteiger partial charge in [-0.3, -0.25) is 4.79 Å². The van der Waals surface area contributed by atoms with Gasteiger partial charge in [0.1, 0.15) is 6.04 Å². The van der Waals surface area contributed by atoms with Crippen LogP contribution in [0.4, 0.5) is 5.69 Å². The number of amides is 1. The average molecular weight is 494 g/mol. The monoisotopic (exact) mass is 493 g/mol. The SMILES string of the molecule is O=C(Nc1cccc(S(=O)(=O)N2CCOCC2)c1)[C@@H]1CCCCN1S(=O)(=O)c1ccccc1. The lowest BCUT2D eigenvalue weighted by atomic mass is 10.0. The molecule has 0 bridgehead atoms. The fourth-order valence-corrected chi connectivity index (χ4v) is 7.21. The molecule has 2 heterocycles. The van der Waals surface area contributed by atoms with Crippen molar-refractivity contribution in [2.45, 2.75) is 35.1 Å². The Bertz CT molecular complexity index is 1200. The van der Waals surface area contributed by atoms with Gasteiger partial charge in [0.25, 0.3) is 0 Å². The van der Waals surface area contributed by atoms with Gasteiger partial charge in [-0.1, -0.05) is 30.7 Å². The number of ether oxygens (including phenoxy) is 1. The summed E-state index contributed by atoms with van der Waals surface area (Å²) in [6.07, 6.45) is 1.79.